The highest BCUT2D eigenvalue weighted by Crippen LogP contribution is 2.22. The molecule has 1 atom stereocenters. The minimum Gasteiger partial charge on any atom is -0.481 e. The van der Waals surface area contributed by atoms with E-state index in [9.17, 15) is 14.4 Å². The maximum atomic E-state index is 13.3. The molecule has 3 aromatic carbocycles. The summed E-state index contributed by atoms with van der Waals surface area (Å²) in [5.41, 5.74) is 10.9. The van der Waals surface area contributed by atoms with Crippen molar-refractivity contribution in [2.45, 2.75) is 31.7 Å². The lowest BCUT2D eigenvalue weighted by Gasteiger charge is -2.20. The molecule has 6 N–H and O–H groups in total. The van der Waals surface area contributed by atoms with Gasteiger partial charge in [-0.15, -0.1) is 10.6 Å². The summed E-state index contributed by atoms with van der Waals surface area (Å²) in [5.74, 6) is -1.08. The molecule has 208 valence electrons. The lowest BCUT2D eigenvalue weighted by atomic mass is 10.0. The first-order chi connectivity index (χ1) is 19.5. The van der Waals surface area contributed by atoms with Crippen LogP contribution in [0.15, 0.2) is 84.0 Å². The molecule has 2 amide bonds. The Balaban J connectivity index is 1.45. The van der Waals surface area contributed by atoms with Crippen LogP contribution < -0.4 is 31.9 Å². The number of amidine groups is 1. The van der Waals surface area contributed by atoms with Crippen LogP contribution in [0.25, 0.3) is 0 Å². The van der Waals surface area contributed by atoms with Crippen molar-refractivity contribution < 1.29 is 24.2 Å². The first-order valence-electron chi connectivity index (χ1n) is 13.0. The van der Waals surface area contributed by atoms with Crippen LogP contribution in [0.5, 0.6) is 5.75 Å². The van der Waals surface area contributed by atoms with Crippen LogP contribution in [-0.2, 0) is 22.4 Å². The number of benzene rings is 3. The van der Waals surface area contributed by atoms with Crippen molar-refractivity contribution in [1.29, 1.82) is 0 Å². The van der Waals surface area contributed by atoms with E-state index in [-0.39, 0.29) is 18.2 Å². The normalized spacial score (nSPS) is 12.8. The number of carbonyl (C=O) groups excluding carboxylic acids is 2. The highest BCUT2D eigenvalue weighted by Gasteiger charge is 2.23. The number of nitrogens with zero attached hydrogens (tertiary/aromatic N) is 1. The number of amides is 2. The van der Waals surface area contributed by atoms with Crippen LogP contribution in [-0.4, -0.2) is 47.9 Å². The van der Waals surface area contributed by atoms with Gasteiger partial charge < -0.3 is 20.5 Å². The van der Waals surface area contributed by atoms with Crippen LogP contribution in [0.2, 0.25) is 0 Å². The number of rotatable bonds is 14. The largest absolute Gasteiger partial charge is 0.481 e. The van der Waals surface area contributed by atoms with E-state index in [2.05, 4.69) is 44.4 Å². The zero-order valence-electron chi connectivity index (χ0n) is 21.9. The summed E-state index contributed by atoms with van der Waals surface area (Å²) < 4.78 is 5.42. The Morgan fingerprint density at radius 1 is 0.925 bits per heavy atom. The fraction of sp³-hybridized carbons (Fsp3) is 0.241. The van der Waals surface area contributed by atoms with E-state index in [1.807, 2.05) is 24.3 Å². The summed E-state index contributed by atoms with van der Waals surface area (Å²) in [6.07, 6.45) is 2.83. The lowest BCUT2D eigenvalue weighted by Crippen LogP contribution is -2.48. The minimum atomic E-state index is -1.11. The fourth-order valence-corrected chi connectivity index (χ4v) is 4.19. The van der Waals surface area contributed by atoms with E-state index in [0.29, 0.717) is 34.8 Å². The number of carboxylic acid groups (broad SMARTS) is 1. The van der Waals surface area contributed by atoms with E-state index in [1.165, 1.54) is 5.56 Å². The summed E-state index contributed by atoms with van der Waals surface area (Å²) in [5, 5.41) is 18.9. The van der Waals surface area contributed by atoms with Crippen molar-refractivity contribution in [2.75, 3.05) is 13.2 Å². The highest BCUT2D eigenvalue weighted by atomic mass is 16.5. The number of aliphatic carboxylic acids is 1. The molecule has 0 spiro atoms. The Kier molecular flexibility index (Phi) is 10.1. The molecule has 1 aliphatic rings. The maximum absolute atomic E-state index is 13.3. The Morgan fingerprint density at radius 2 is 1.68 bits per heavy atom. The predicted octanol–water partition coefficient (Wildman–Crippen LogP) is 1.90. The predicted molar refractivity (Wildman–Crippen MR) is 149 cm³/mol. The smallest absolute Gasteiger partial charge is 0.341 e. The number of hydrogen-bond acceptors (Lipinski definition) is 8. The van der Waals surface area contributed by atoms with E-state index in [0.717, 1.165) is 19.3 Å². The minimum absolute atomic E-state index is 0.189. The molecule has 0 fully saturated rings. The van der Waals surface area contributed by atoms with Crippen molar-refractivity contribution in [3.05, 3.63) is 101 Å². The molecule has 3 aromatic rings. The van der Waals surface area contributed by atoms with Gasteiger partial charge in [0.05, 0.1) is 5.56 Å². The molecule has 0 aromatic heterocycles. The molecule has 11 nitrogen and oxygen atoms in total. The van der Waals surface area contributed by atoms with Gasteiger partial charge in [0.15, 0.2) is 12.4 Å². The quantitative estimate of drug-likeness (QED) is 0.168. The molecular weight excluding hydrogens is 512 g/mol. The zero-order valence-corrected chi connectivity index (χ0v) is 21.9. The Morgan fingerprint density at radius 3 is 2.38 bits per heavy atom. The van der Waals surface area contributed by atoms with Crippen molar-refractivity contribution in [2.24, 2.45) is 5.10 Å². The molecule has 40 heavy (non-hydrogen) atoms. The zero-order chi connectivity index (χ0) is 28.2. The molecule has 0 aliphatic carbocycles. The van der Waals surface area contributed by atoms with Crippen LogP contribution in [0.1, 0.15) is 39.9 Å². The van der Waals surface area contributed by atoms with Crippen molar-refractivity contribution in [3.8, 4) is 5.75 Å². The second-order valence-corrected chi connectivity index (χ2v) is 9.17. The number of hydrogen-bond donors (Lipinski definition) is 6. The Bertz CT molecular complexity index is 1330. The molecule has 0 saturated carbocycles. The lowest BCUT2D eigenvalue weighted by molar-refractivity contribution is -0.139. The number of carbonyl (C=O) groups is 3. The third-order valence-corrected chi connectivity index (χ3v) is 6.19. The maximum Gasteiger partial charge on any atom is 0.341 e. The third kappa shape index (κ3) is 8.30. The second-order valence-electron chi connectivity index (χ2n) is 9.17. The van der Waals surface area contributed by atoms with Gasteiger partial charge in [0.2, 0.25) is 5.91 Å². The number of unbranched alkanes of at least 4 members (excludes halogenated alkanes) is 1. The van der Waals surface area contributed by atoms with Gasteiger partial charge in [-0.2, -0.15) is 0 Å². The summed E-state index contributed by atoms with van der Waals surface area (Å²) in [7, 11) is 0. The molecule has 0 unspecified atom stereocenters. The van der Waals surface area contributed by atoms with Crippen molar-refractivity contribution >= 4 is 23.6 Å². The first-order valence-corrected chi connectivity index (χ1v) is 13.0. The number of hydrazone groups is 1. The van der Waals surface area contributed by atoms with E-state index in [1.54, 1.807) is 42.5 Å². The van der Waals surface area contributed by atoms with Gasteiger partial charge in [0.25, 0.3) is 5.91 Å². The molecule has 0 saturated heterocycles. The molecule has 1 aliphatic heterocycles. The SMILES string of the molecule is O=C(O)COc1ccc(C[C@H](NC(=O)c2ccccc2)C(=O)NCCCCc2ccccc2)cc1C1=NNNN1. The first kappa shape index (κ1) is 28.1. The number of hydrazine groups is 2. The molecule has 0 radical (unpaired) electrons. The van der Waals surface area contributed by atoms with Crippen molar-refractivity contribution in [3.63, 3.8) is 0 Å². The van der Waals surface area contributed by atoms with Crippen LogP contribution in [0, 0.1) is 0 Å². The van der Waals surface area contributed by atoms with Gasteiger partial charge in [-0.3, -0.25) is 15.0 Å². The van der Waals surface area contributed by atoms with Crippen LogP contribution >= 0.6 is 0 Å². The number of ether oxygens (including phenoxy) is 1. The molecule has 0 bridgehead atoms. The van der Waals surface area contributed by atoms with Crippen LogP contribution in [0.4, 0.5) is 0 Å². The Labute approximate surface area is 232 Å². The Hall–Kier alpha value is -4.90. The molecule has 1 heterocycles. The van der Waals surface area contributed by atoms with Gasteiger partial charge in [0.1, 0.15) is 11.8 Å². The van der Waals surface area contributed by atoms with Gasteiger partial charge in [-0.1, -0.05) is 54.6 Å². The van der Waals surface area contributed by atoms with E-state index < -0.39 is 18.6 Å². The number of nitrogens with one attached hydrogen (secondary N) is 5. The number of carboxylic acids is 1. The molecule has 4 rings (SSSR count). The van der Waals surface area contributed by atoms with Crippen molar-refractivity contribution in [1.82, 2.24) is 27.1 Å². The van der Waals surface area contributed by atoms with Gasteiger partial charge in [-0.05, 0) is 54.7 Å². The van der Waals surface area contributed by atoms with Gasteiger partial charge in [0, 0.05) is 18.5 Å². The van der Waals surface area contributed by atoms with E-state index in [4.69, 9.17) is 9.84 Å². The van der Waals surface area contributed by atoms with Crippen LogP contribution in [0.3, 0.4) is 0 Å². The molecule has 11 heteroatoms. The molecular formula is C29H32N6O5. The van der Waals surface area contributed by atoms with Gasteiger partial charge >= 0.3 is 5.97 Å². The average Bonchev–Trinajstić information content (AvgIpc) is 3.52. The highest BCUT2D eigenvalue weighted by molar-refractivity contribution is 6.01. The summed E-state index contributed by atoms with van der Waals surface area (Å²) in [4.78, 5) is 37.2. The topological polar surface area (TPSA) is 153 Å². The second kappa shape index (κ2) is 14.3. The number of aryl methyl sites for hydroxylation is 1. The fourth-order valence-electron chi connectivity index (χ4n) is 4.19. The monoisotopic (exact) mass is 544 g/mol. The summed E-state index contributed by atoms with van der Waals surface area (Å²) in [6, 6.07) is 23.1. The van der Waals surface area contributed by atoms with E-state index >= 15 is 0 Å². The standard InChI is InChI=1S/C29H32N6O5/c36-26(37)19-40-25-15-14-21(17-23(25)27-32-34-35-33-27)18-24(31-28(38)22-12-5-2-6-13-22)29(39)30-16-8-7-11-20-9-3-1-4-10-20/h1-6,9-10,12-15,17,24,34-35H,7-8,11,16,18-19H2,(H,30,39)(H,31,38)(H,32,33)(H,36,37)/t24-/m0/s1. The summed E-state index contributed by atoms with van der Waals surface area (Å²) in [6.45, 7) is -0.0441. The summed E-state index contributed by atoms with van der Waals surface area (Å²) >= 11 is 0. The average molecular weight is 545 g/mol. The van der Waals surface area contributed by atoms with Gasteiger partial charge in [-0.25, -0.2) is 10.3 Å². The third-order valence-electron chi connectivity index (χ3n) is 6.19.